The van der Waals surface area contributed by atoms with E-state index in [4.69, 9.17) is 16.3 Å². The van der Waals surface area contributed by atoms with Crippen molar-refractivity contribution in [1.29, 1.82) is 0 Å². The minimum absolute atomic E-state index is 0.336. The van der Waals surface area contributed by atoms with Crippen molar-refractivity contribution in [2.24, 2.45) is 5.92 Å². The van der Waals surface area contributed by atoms with Gasteiger partial charge in [-0.1, -0.05) is 30.7 Å². The summed E-state index contributed by atoms with van der Waals surface area (Å²) >= 11 is 5.94. The van der Waals surface area contributed by atoms with E-state index >= 15 is 0 Å². The number of aromatic nitrogens is 1. The van der Waals surface area contributed by atoms with Crippen molar-refractivity contribution >= 4 is 44.2 Å². The quantitative estimate of drug-likeness (QED) is 0.456. The smallest absolute Gasteiger partial charge is 0.316 e. The zero-order chi connectivity index (χ0) is 20.3. The number of carbonyl (C=O) groups excluding carboxylic acids is 1. The molecule has 0 saturated carbocycles. The van der Waals surface area contributed by atoms with Crippen LogP contribution < -0.4 is 9.46 Å². The number of hydrogen-bond acceptors (Lipinski definition) is 4. The molecule has 0 amide bonds. The number of benzene rings is 2. The van der Waals surface area contributed by atoms with Crippen molar-refractivity contribution in [1.82, 2.24) is 4.57 Å². The molecule has 148 valence electrons. The number of fused-ring (bicyclic) bond motifs is 1. The molecule has 0 bridgehead atoms. The number of rotatable bonds is 7. The normalized spacial score (nSPS) is 12.7. The van der Waals surface area contributed by atoms with E-state index in [1.807, 2.05) is 29.8 Å². The first-order chi connectivity index (χ1) is 13.3. The molecule has 0 aliphatic heterocycles. The summed E-state index contributed by atoms with van der Waals surface area (Å²) in [5.41, 5.74) is 1.34. The second kappa shape index (κ2) is 8.24. The minimum Gasteiger partial charge on any atom is -0.426 e. The molecule has 2 aromatic carbocycles. The third-order valence-corrected chi connectivity index (χ3v) is 5.19. The summed E-state index contributed by atoms with van der Waals surface area (Å²) in [6.07, 6.45) is 3.55. The van der Waals surface area contributed by atoms with Crippen LogP contribution in [0.15, 0.2) is 54.7 Å². The molecular formula is C20H21ClN2O4S. The van der Waals surface area contributed by atoms with Crippen LogP contribution in [-0.4, -0.2) is 25.2 Å². The minimum atomic E-state index is -3.38. The van der Waals surface area contributed by atoms with E-state index < -0.39 is 10.0 Å². The lowest BCUT2D eigenvalue weighted by molar-refractivity contribution is -0.139. The molecule has 28 heavy (non-hydrogen) atoms. The number of anilines is 1. The number of halogens is 1. The van der Waals surface area contributed by atoms with Gasteiger partial charge in [-0.05, 0) is 42.8 Å². The number of esters is 1. The molecular weight excluding hydrogens is 400 g/mol. The summed E-state index contributed by atoms with van der Waals surface area (Å²) in [7, 11) is -3.38. The summed E-state index contributed by atoms with van der Waals surface area (Å²) in [6.45, 7) is 2.34. The molecule has 0 radical (unpaired) electrons. The fraction of sp³-hybridized carbons (Fsp3) is 0.250. The summed E-state index contributed by atoms with van der Waals surface area (Å²) < 4.78 is 33.1. The van der Waals surface area contributed by atoms with E-state index in [2.05, 4.69) is 4.72 Å². The van der Waals surface area contributed by atoms with E-state index in [0.29, 0.717) is 29.4 Å². The predicted molar refractivity (Wildman–Crippen MR) is 111 cm³/mol. The van der Waals surface area contributed by atoms with E-state index in [1.165, 1.54) is 0 Å². The lowest BCUT2D eigenvalue weighted by atomic mass is 10.1. The van der Waals surface area contributed by atoms with Gasteiger partial charge in [-0.2, -0.15) is 0 Å². The van der Waals surface area contributed by atoms with Gasteiger partial charge in [0.2, 0.25) is 10.0 Å². The van der Waals surface area contributed by atoms with Crippen molar-refractivity contribution in [3.05, 3.63) is 59.8 Å². The number of nitrogens with one attached hydrogen (secondary N) is 1. The summed E-state index contributed by atoms with van der Waals surface area (Å²) in [5.74, 6) is -0.286. The van der Waals surface area contributed by atoms with Crippen LogP contribution in [0.1, 0.15) is 13.3 Å². The lowest BCUT2D eigenvalue weighted by Gasteiger charge is -2.16. The molecule has 6 nitrogen and oxygen atoms in total. The first-order valence-corrected chi connectivity index (χ1v) is 11.1. The molecule has 0 saturated heterocycles. The van der Waals surface area contributed by atoms with Gasteiger partial charge >= 0.3 is 5.97 Å². The van der Waals surface area contributed by atoms with Gasteiger partial charge in [0.25, 0.3) is 0 Å². The Morgan fingerprint density at radius 1 is 1.21 bits per heavy atom. The van der Waals surface area contributed by atoms with Crippen LogP contribution in [0.2, 0.25) is 5.02 Å². The fourth-order valence-corrected chi connectivity index (χ4v) is 3.77. The van der Waals surface area contributed by atoms with Gasteiger partial charge in [0, 0.05) is 23.2 Å². The maximum atomic E-state index is 12.6. The van der Waals surface area contributed by atoms with E-state index in [0.717, 1.165) is 17.2 Å². The monoisotopic (exact) mass is 420 g/mol. The topological polar surface area (TPSA) is 77.4 Å². The first-order valence-electron chi connectivity index (χ1n) is 8.79. The Labute approximate surface area is 169 Å². The zero-order valence-corrected chi connectivity index (χ0v) is 17.1. The third-order valence-electron chi connectivity index (χ3n) is 4.37. The van der Waals surface area contributed by atoms with Crippen LogP contribution >= 0.6 is 11.6 Å². The van der Waals surface area contributed by atoms with Crippen molar-refractivity contribution in [3.8, 4) is 5.75 Å². The Hall–Kier alpha value is -2.51. The summed E-state index contributed by atoms with van der Waals surface area (Å²) in [4.78, 5) is 12.6. The second-order valence-corrected chi connectivity index (χ2v) is 8.75. The Bertz CT molecular complexity index is 1110. The van der Waals surface area contributed by atoms with Crippen LogP contribution in [0.4, 0.5) is 5.69 Å². The molecule has 1 N–H and O–H groups in total. The van der Waals surface area contributed by atoms with Gasteiger partial charge in [-0.3, -0.25) is 9.52 Å². The molecule has 0 aliphatic carbocycles. The van der Waals surface area contributed by atoms with Crippen molar-refractivity contribution in [3.63, 3.8) is 0 Å². The molecule has 0 fully saturated rings. The highest BCUT2D eigenvalue weighted by atomic mass is 35.5. The molecule has 3 rings (SSSR count). The molecule has 1 aromatic heterocycles. The van der Waals surface area contributed by atoms with E-state index in [9.17, 15) is 13.2 Å². The van der Waals surface area contributed by atoms with Crippen molar-refractivity contribution in [2.75, 3.05) is 11.0 Å². The standard InChI is InChI=1S/C20H21ClN2O4S/c1-3-14(20(24)27-16-7-4-6-15(21)12-16)13-23-11-10-17-18(22-28(2,25)26)8-5-9-19(17)23/h4-12,14,22H,3,13H2,1-2H3/t14-/m0/s1. The second-order valence-electron chi connectivity index (χ2n) is 6.56. The number of hydrogen-bond donors (Lipinski definition) is 1. The maximum absolute atomic E-state index is 12.6. The Kier molecular flexibility index (Phi) is 5.96. The highest BCUT2D eigenvalue weighted by Crippen LogP contribution is 2.27. The van der Waals surface area contributed by atoms with Crippen LogP contribution in [0, 0.1) is 5.92 Å². The maximum Gasteiger partial charge on any atom is 0.316 e. The van der Waals surface area contributed by atoms with Gasteiger partial charge in [0.05, 0.1) is 23.4 Å². The van der Waals surface area contributed by atoms with E-state index in [-0.39, 0.29) is 11.9 Å². The van der Waals surface area contributed by atoms with Crippen LogP contribution in [0.5, 0.6) is 5.75 Å². The SMILES string of the molecule is CC[C@@H](Cn1ccc2c(NS(C)(=O)=O)cccc21)C(=O)Oc1cccc(Cl)c1. The van der Waals surface area contributed by atoms with Gasteiger partial charge in [-0.25, -0.2) is 8.42 Å². The van der Waals surface area contributed by atoms with Gasteiger partial charge in [0.1, 0.15) is 5.75 Å². The molecule has 1 heterocycles. The summed E-state index contributed by atoms with van der Waals surface area (Å²) in [6, 6.07) is 13.9. The number of nitrogens with zero attached hydrogens (tertiary/aromatic N) is 1. The average molecular weight is 421 g/mol. The fourth-order valence-electron chi connectivity index (χ4n) is 3.01. The molecule has 0 unspecified atom stereocenters. The Morgan fingerprint density at radius 3 is 2.64 bits per heavy atom. The third kappa shape index (κ3) is 4.85. The number of sulfonamides is 1. The number of ether oxygens (including phenoxy) is 1. The van der Waals surface area contributed by atoms with Gasteiger partial charge < -0.3 is 9.30 Å². The van der Waals surface area contributed by atoms with Crippen molar-refractivity contribution < 1.29 is 17.9 Å². The highest BCUT2D eigenvalue weighted by molar-refractivity contribution is 7.92. The van der Waals surface area contributed by atoms with Crippen LogP contribution in [0.25, 0.3) is 10.9 Å². The largest absolute Gasteiger partial charge is 0.426 e. The summed E-state index contributed by atoms with van der Waals surface area (Å²) in [5, 5.41) is 1.27. The van der Waals surface area contributed by atoms with Crippen LogP contribution in [-0.2, 0) is 21.4 Å². The first kappa shape index (κ1) is 20.2. The Balaban J connectivity index is 1.82. The zero-order valence-electron chi connectivity index (χ0n) is 15.6. The molecule has 0 aliphatic rings. The van der Waals surface area contributed by atoms with E-state index in [1.54, 1.807) is 36.4 Å². The molecule has 1 atom stereocenters. The molecule has 3 aromatic rings. The average Bonchev–Trinajstić information content (AvgIpc) is 3.02. The van der Waals surface area contributed by atoms with Crippen LogP contribution in [0.3, 0.4) is 0 Å². The van der Waals surface area contributed by atoms with Gasteiger partial charge in [-0.15, -0.1) is 0 Å². The predicted octanol–water partition coefficient (Wildman–Crippen LogP) is 4.30. The molecule has 8 heteroatoms. The molecule has 0 spiro atoms. The van der Waals surface area contributed by atoms with Crippen molar-refractivity contribution in [2.45, 2.75) is 19.9 Å². The Morgan fingerprint density at radius 2 is 1.96 bits per heavy atom. The highest BCUT2D eigenvalue weighted by Gasteiger charge is 2.21. The number of carbonyl (C=O) groups is 1. The lowest BCUT2D eigenvalue weighted by Crippen LogP contribution is -2.24. The van der Waals surface area contributed by atoms with Gasteiger partial charge in [0.15, 0.2) is 0 Å².